The predicted octanol–water partition coefficient (Wildman–Crippen LogP) is 4.44. The highest BCUT2D eigenvalue weighted by atomic mass is 32.2. The Bertz CT molecular complexity index is 1470. The molecule has 33 heavy (non-hydrogen) atoms. The molecule has 4 aromatic rings. The van der Waals surface area contributed by atoms with Crippen LogP contribution in [0.15, 0.2) is 82.5 Å². The summed E-state index contributed by atoms with van der Waals surface area (Å²) >= 11 is 0. The molecule has 0 aliphatic rings. The lowest BCUT2D eigenvalue weighted by molar-refractivity contribution is 0.340. The first-order valence-electron chi connectivity index (χ1n) is 10.3. The summed E-state index contributed by atoms with van der Waals surface area (Å²) < 4.78 is 56.1. The second-order valence-corrected chi connectivity index (χ2v) is 9.33. The molecule has 0 fully saturated rings. The fourth-order valence-electron chi connectivity index (χ4n) is 3.79. The van der Waals surface area contributed by atoms with Crippen molar-refractivity contribution >= 4 is 20.9 Å². The second-order valence-electron chi connectivity index (χ2n) is 7.44. The van der Waals surface area contributed by atoms with Crippen molar-refractivity contribution in [3.05, 3.63) is 101 Å². The highest BCUT2D eigenvalue weighted by Gasteiger charge is 2.32. The first-order valence-corrected chi connectivity index (χ1v) is 11.7. The number of aromatic nitrogens is 2. The van der Waals surface area contributed by atoms with Gasteiger partial charge in [0, 0.05) is 6.54 Å². The van der Waals surface area contributed by atoms with Crippen LogP contribution in [0, 0.1) is 11.6 Å². The van der Waals surface area contributed by atoms with Gasteiger partial charge in [-0.05, 0) is 67.6 Å². The van der Waals surface area contributed by atoms with Gasteiger partial charge in [0.15, 0.2) is 0 Å². The third-order valence-corrected chi connectivity index (χ3v) is 7.48. The van der Waals surface area contributed by atoms with Crippen LogP contribution in [0.5, 0.6) is 0 Å². The Morgan fingerprint density at radius 2 is 1.52 bits per heavy atom. The van der Waals surface area contributed by atoms with E-state index in [1.807, 2.05) is 0 Å². The maximum absolute atomic E-state index is 13.6. The van der Waals surface area contributed by atoms with E-state index >= 15 is 0 Å². The van der Waals surface area contributed by atoms with E-state index in [0.29, 0.717) is 16.6 Å². The van der Waals surface area contributed by atoms with Crippen molar-refractivity contribution in [2.24, 2.45) is 0 Å². The number of halogens is 2. The van der Waals surface area contributed by atoms with Crippen LogP contribution in [0.2, 0.25) is 0 Å². The topological polar surface area (TPSA) is 72.3 Å². The molecule has 0 saturated carbocycles. The van der Waals surface area contributed by atoms with Crippen molar-refractivity contribution in [2.45, 2.75) is 24.8 Å². The van der Waals surface area contributed by atoms with Crippen LogP contribution in [-0.4, -0.2) is 28.8 Å². The number of para-hydroxylation sites is 1. The molecule has 0 radical (unpaired) electrons. The van der Waals surface area contributed by atoms with Crippen LogP contribution in [-0.2, 0) is 10.0 Å². The molecule has 0 N–H and O–H groups in total. The van der Waals surface area contributed by atoms with Gasteiger partial charge in [0.05, 0.1) is 27.5 Å². The molecule has 0 saturated heterocycles. The molecule has 9 heteroatoms. The van der Waals surface area contributed by atoms with E-state index in [2.05, 4.69) is 4.98 Å². The lowest BCUT2D eigenvalue weighted by atomic mass is 10.2. The van der Waals surface area contributed by atoms with Crippen LogP contribution in [0.25, 0.3) is 16.6 Å². The molecule has 0 aliphatic carbocycles. The standard InChI is InChI=1S/C24H21F2N3O3S/c1-3-28(33(31,32)20-14-10-18(26)11-15-20)16(2)23-27-22-7-5-4-6-21(22)24(30)29(23)19-12-8-17(25)9-13-19/h4-16H,3H2,1-2H3. The summed E-state index contributed by atoms with van der Waals surface area (Å²) in [7, 11) is -4.04. The maximum atomic E-state index is 13.6. The summed E-state index contributed by atoms with van der Waals surface area (Å²) in [4.78, 5) is 18.0. The first-order chi connectivity index (χ1) is 15.7. The van der Waals surface area contributed by atoms with Gasteiger partial charge in [-0.3, -0.25) is 9.36 Å². The van der Waals surface area contributed by atoms with Crippen molar-refractivity contribution in [1.82, 2.24) is 13.9 Å². The largest absolute Gasteiger partial charge is 0.268 e. The Labute approximate surface area is 189 Å². The van der Waals surface area contributed by atoms with E-state index in [4.69, 9.17) is 0 Å². The second kappa shape index (κ2) is 8.84. The first kappa shape index (κ1) is 22.8. The minimum atomic E-state index is -4.04. The Kier molecular flexibility index (Phi) is 6.09. The minimum absolute atomic E-state index is 0.0749. The van der Waals surface area contributed by atoms with Gasteiger partial charge in [0.25, 0.3) is 5.56 Å². The van der Waals surface area contributed by atoms with Gasteiger partial charge in [-0.2, -0.15) is 4.31 Å². The molecule has 0 bridgehead atoms. The van der Waals surface area contributed by atoms with Crippen molar-refractivity contribution in [1.29, 1.82) is 0 Å². The molecule has 1 heterocycles. The van der Waals surface area contributed by atoms with Crippen LogP contribution >= 0.6 is 0 Å². The monoisotopic (exact) mass is 469 g/mol. The van der Waals surface area contributed by atoms with Crippen LogP contribution in [0.4, 0.5) is 8.78 Å². The number of hydrogen-bond acceptors (Lipinski definition) is 4. The smallest absolute Gasteiger partial charge is 0.266 e. The van der Waals surface area contributed by atoms with Gasteiger partial charge >= 0.3 is 0 Å². The van der Waals surface area contributed by atoms with Crippen molar-refractivity contribution < 1.29 is 17.2 Å². The Hall–Kier alpha value is -3.43. The van der Waals surface area contributed by atoms with Gasteiger partial charge in [-0.1, -0.05) is 19.1 Å². The molecule has 1 atom stereocenters. The van der Waals surface area contributed by atoms with Crippen molar-refractivity contribution in [3.63, 3.8) is 0 Å². The predicted molar refractivity (Wildman–Crippen MR) is 122 cm³/mol. The number of rotatable bonds is 6. The Morgan fingerprint density at radius 3 is 2.12 bits per heavy atom. The Morgan fingerprint density at radius 1 is 0.939 bits per heavy atom. The third kappa shape index (κ3) is 4.17. The number of sulfonamides is 1. The number of nitrogens with zero attached hydrogens (tertiary/aromatic N) is 3. The average molecular weight is 470 g/mol. The fraction of sp³-hybridized carbons (Fsp3) is 0.167. The van der Waals surface area contributed by atoms with E-state index < -0.39 is 33.3 Å². The SMILES string of the molecule is CCN(C(C)c1nc2ccccc2c(=O)n1-c1ccc(F)cc1)S(=O)(=O)c1ccc(F)cc1. The molecule has 6 nitrogen and oxygen atoms in total. The number of fused-ring (bicyclic) bond motifs is 1. The average Bonchev–Trinajstić information content (AvgIpc) is 2.80. The molecule has 0 spiro atoms. The van der Waals surface area contributed by atoms with E-state index in [1.54, 1.807) is 38.1 Å². The molecule has 1 aromatic heterocycles. The van der Waals surface area contributed by atoms with Crippen LogP contribution in [0.3, 0.4) is 0 Å². The summed E-state index contributed by atoms with van der Waals surface area (Å²) in [5, 5.41) is 0.349. The lowest BCUT2D eigenvalue weighted by Gasteiger charge is -2.28. The molecule has 4 rings (SSSR count). The zero-order chi connectivity index (χ0) is 23.8. The lowest BCUT2D eigenvalue weighted by Crippen LogP contribution is -2.37. The summed E-state index contributed by atoms with van der Waals surface area (Å²) in [6, 6.07) is 15.7. The molecule has 170 valence electrons. The quantitative estimate of drug-likeness (QED) is 0.419. The van der Waals surface area contributed by atoms with Gasteiger partial charge < -0.3 is 0 Å². The Balaban J connectivity index is 1.93. The highest BCUT2D eigenvalue weighted by Crippen LogP contribution is 2.28. The summed E-state index contributed by atoms with van der Waals surface area (Å²) in [5.74, 6) is -0.839. The molecule has 1 unspecified atom stereocenters. The minimum Gasteiger partial charge on any atom is -0.268 e. The summed E-state index contributed by atoms with van der Waals surface area (Å²) in [6.07, 6.45) is 0. The fourth-order valence-corrected chi connectivity index (χ4v) is 5.39. The molecular weight excluding hydrogens is 448 g/mol. The molecular formula is C24H21F2N3O3S. The summed E-state index contributed by atoms with van der Waals surface area (Å²) in [5.41, 5.74) is 0.374. The van der Waals surface area contributed by atoms with E-state index in [1.165, 1.54) is 45.3 Å². The number of hydrogen-bond donors (Lipinski definition) is 0. The maximum Gasteiger partial charge on any atom is 0.266 e. The van der Waals surface area contributed by atoms with Gasteiger partial charge in [-0.25, -0.2) is 22.2 Å². The third-order valence-electron chi connectivity index (χ3n) is 5.42. The molecule has 3 aromatic carbocycles. The van der Waals surface area contributed by atoms with E-state index in [0.717, 1.165) is 12.1 Å². The van der Waals surface area contributed by atoms with Gasteiger partial charge in [-0.15, -0.1) is 0 Å². The summed E-state index contributed by atoms with van der Waals surface area (Å²) in [6.45, 7) is 3.37. The van der Waals surface area contributed by atoms with Crippen LogP contribution in [0.1, 0.15) is 25.7 Å². The van der Waals surface area contributed by atoms with E-state index in [-0.39, 0.29) is 17.3 Å². The normalized spacial score (nSPS) is 12.9. The van der Waals surface area contributed by atoms with Crippen LogP contribution < -0.4 is 5.56 Å². The van der Waals surface area contributed by atoms with E-state index in [9.17, 15) is 22.0 Å². The zero-order valence-electron chi connectivity index (χ0n) is 17.9. The molecule has 0 amide bonds. The molecule has 0 aliphatic heterocycles. The van der Waals surface area contributed by atoms with Crippen molar-refractivity contribution in [2.75, 3.05) is 6.54 Å². The highest BCUT2D eigenvalue weighted by molar-refractivity contribution is 7.89. The zero-order valence-corrected chi connectivity index (χ0v) is 18.8. The van der Waals surface area contributed by atoms with Gasteiger partial charge in [0.2, 0.25) is 10.0 Å². The number of benzene rings is 3. The van der Waals surface area contributed by atoms with Gasteiger partial charge in [0.1, 0.15) is 17.5 Å². The van der Waals surface area contributed by atoms with Crippen molar-refractivity contribution in [3.8, 4) is 5.69 Å².